The minimum absolute atomic E-state index is 0.616. The third-order valence-electron chi connectivity index (χ3n) is 3.85. The van der Waals surface area contributed by atoms with Crippen LogP contribution in [0.1, 0.15) is 39.2 Å². The molecule has 100 valence electrons. The van der Waals surface area contributed by atoms with E-state index in [4.69, 9.17) is 0 Å². The Morgan fingerprint density at radius 1 is 1.33 bits per heavy atom. The lowest BCUT2D eigenvalue weighted by Gasteiger charge is -2.21. The first kappa shape index (κ1) is 13.4. The van der Waals surface area contributed by atoms with Crippen LogP contribution in [-0.4, -0.2) is 30.1 Å². The van der Waals surface area contributed by atoms with Crippen LogP contribution >= 0.6 is 0 Å². The van der Waals surface area contributed by atoms with Gasteiger partial charge in [-0.2, -0.15) is 0 Å². The number of para-hydroxylation sites is 1. The highest BCUT2D eigenvalue weighted by molar-refractivity contribution is 5.52. The predicted molar refractivity (Wildman–Crippen MR) is 79.2 cm³/mol. The lowest BCUT2D eigenvalue weighted by atomic mass is 10.1. The molecule has 1 aliphatic heterocycles. The molecule has 0 saturated carbocycles. The van der Waals surface area contributed by atoms with Crippen molar-refractivity contribution in [2.24, 2.45) is 0 Å². The Morgan fingerprint density at radius 3 is 2.78 bits per heavy atom. The molecular formula is C16H26N2. The number of likely N-dealkylation sites (tertiary alicyclic amines) is 1. The van der Waals surface area contributed by atoms with Crippen LogP contribution in [0.3, 0.4) is 0 Å². The van der Waals surface area contributed by atoms with Gasteiger partial charge in [0, 0.05) is 30.9 Å². The second-order valence-electron chi connectivity index (χ2n) is 5.63. The summed E-state index contributed by atoms with van der Waals surface area (Å²) in [5.41, 5.74) is 2.80. The summed E-state index contributed by atoms with van der Waals surface area (Å²) in [6.07, 6.45) is 3.64. The summed E-state index contributed by atoms with van der Waals surface area (Å²) in [5.74, 6) is 0. The van der Waals surface area contributed by atoms with Crippen LogP contribution in [0.5, 0.6) is 0 Å². The van der Waals surface area contributed by atoms with Crippen molar-refractivity contribution >= 4 is 5.69 Å². The Bertz CT molecular complexity index is 373. The van der Waals surface area contributed by atoms with Crippen molar-refractivity contribution in [3.63, 3.8) is 0 Å². The average molecular weight is 246 g/mol. The molecule has 2 rings (SSSR count). The highest BCUT2D eigenvalue weighted by atomic mass is 15.2. The second-order valence-corrected chi connectivity index (χ2v) is 5.63. The highest BCUT2D eigenvalue weighted by Gasteiger charge is 2.24. The van der Waals surface area contributed by atoms with E-state index >= 15 is 0 Å². The molecule has 0 spiro atoms. The summed E-state index contributed by atoms with van der Waals surface area (Å²) in [6, 6.07) is 10.0. The van der Waals surface area contributed by atoms with E-state index in [2.05, 4.69) is 55.3 Å². The molecule has 1 unspecified atom stereocenters. The number of hydrogen-bond donors (Lipinski definition) is 1. The molecule has 0 bridgehead atoms. The number of aryl methyl sites for hydroxylation is 1. The van der Waals surface area contributed by atoms with Gasteiger partial charge in [0.05, 0.1) is 0 Å². The van der Waals surface area contributed by atoms with E-state index in [1.165, 1.54) is 43.6 Å². The molecule has 1 fully saturated rings. The van der Waals surface area contributed by atoms with E-state index in [1.807, 2.05) is 0 Å². The van der Waals surface area contributed by atoms with E-state index in [0.717, 1.165) is 0 Å². The van der Waals surface area contributed by atoms with E-state index in [0.29, 0.717) is 12.1 Å². The van der Waals surface area contributed by atoms with E-state index < -0.39 is 0 Å². The van der Waals surface area contributed by atoms with Crippen LogP contribution in [0, 0.1) is 0 Å². The Morgan fingerprint density at radius 2 is 2.11 bits per heavy atom. The zero-order valence-electron chi connectivity index (χ0n) is 11.9. The van der Waals surface area contributed by atoms with Gasteiger partial charge < -0.3 is 5.32 Å². The van der Waals surface area contributed by atoms with Gasteiger partial charge in [0.2, 0.25) is 0 Å². The topological polar surface area (TPSA) is 15.3 Å². The third kappa shape index (κ3) is 3.26. The fraction of sp³-hybridized carbons (Fsp3) is 0.625. The van der Waals surface area contributed by atoms with Crippen LogP contribution in [0.25, 0.3) is 0 Å². The summed E-state index contributed by atoms with van der Waals surface area (Å²) in [5, 5.41) is 3.74. The van der Waals surface area contributed by atoms with Gasteiger partial charge in [-0.15, -0.1) is 0 Å². The van der Waals surface area contributed by atoms with Crippen LogP contribution < -0.4 is 5.32 Å². The van der Waals surface area contributed by atoms with Crippen molar-refractivity contribution in [2.45, 2.75) is 52.1 Å². The van der Waals surface area contributed by atoms with E-state index in [9.17, 15) is 0 Å². The van der Waals surface area contributed by atoms with Gasteiger partial charge in [-0.1, -0.05) is 31.5 Å². The first-order chi connectivity index (χ1) is 8.70. The number of nitrogens with one attached hydrogen (secondary N) is 1. The van der Waals surface area contributed by atoms with Crippen molar-refractivity contribution in [3.05, 3.63) is 29.8 Å². The molecule has 0 aromatic heterocycles. The van der Waals surface area contributed by atoms with Gasteiger partial charge in [0.15, 0.2) is 0 Å². The Hall–Kier alpha value is -1.02. The van der Waals surface area contributed by atoms with Crippen molar-refractivity contribution in [2.75, 3.05) is 18.4 Å². The summed E-state index contributed by atoms with van der Waals surface area (Å²) < 4.78 is 0. The van der Waals surface area contributed by atoms with Crippen LogP contribution in [-0.2, 0) is 6.42 Å². The molecule has 2 heteroatoms. The molecule has 1 aromatic rings. The molecule has 18 heavy (non-hydrogen) atoms. The SMILES string of the molecule is CCCc1ccccc1NC1CCN(C(C)C)C1. The quantitative estimate of drug-likeness (QED) is 0.855. The zero-order valence-corrected chi connectivity index (χ0v) is 11.9. The Labute approximate surface area is 111 Å². The van der Waals surface area contributed by atoms with Crippen LogP contribution in [0.4, 0.5) is 5.69 Å². The number of benzene rings is 1. The number of hydrogen-bond acceptors (Lipinski definition) is 2. The fourth-order valence-corrected chi connectivity index (χ4v) is 2.74. The lowest BCUT2D eigenvalue weighted by Crippen LogP contribution is -2.31. The number of rotatable bonds is 5. The summed E-state index contributed by atoms with van der Waals surface area (Å²) in [7, 11) is 0. The van der Waals surface area contributed by atoms with Crippen molar-refractivity contribution in [3.8, 4) is 0 Å². The molecule has 1 N–H and O–H groups in total. The molecule has 2 nitrogen and oxygen atoms in total. The van der Waals surface area contributed by atoms with Crippen LogP contribution in [0.15, 0.2) is 24.3 Å². The van der Waals surface area contributed by atoms with E-state index in [1.54, 1.807) is 0 Å². The predicted octanol–water partition coefficient (Wildman–Crippen LogP) is 3.53. The second kappa shape index (κ2) is 6.24. The molecule has 0 amide bonds. The molecular weight excluding hydrogens is 220 g/mol. The normalized spacial score (nSPS) is 20.6. The smallest absolute Gasteiger partial charge is 0.0400 e. The van der Waals surface area contributed by atoms with Crippen LogP contribution in [0.2, 0.25) is 0 Å². The van der Waals surface area contributed by atoms with Gasteiger partial charge in [-0.3, -0.25) is 4.90 Å². The van der Waals surface area contributed by atoms with Gasteiger partial charge in [0.25, 0.3) is 0 Å². The molecule has 0 radical (unpaired) electrons. The molecule has 1 aliphatic rings. The molecule has 1 atom stereocenters. The van der Waals surface area contributed by atoms with Crippen molar-refractivity contribution in [1.29, 1.82) is 0 Å². The third-order valence-corrected chi connectivity index (χ3v) is 3.85. The maximum Gasteiger partial charge on any atom is 0.0400 e. The van der Waals surface area contributed by atoms with Gasteiger partial charge in [-0.05, 0) is 38.3 Å². The van der Waals surface area contributed by atoms with Gasteiger partial charge in [0.1, 0.15) is 0 Å². The maximum absolute atomic E-state index is 3.74. The Balaban J connectivity index is 1.98. The highest BCUT2D eigenvalue weighted by Crippen LogP contribution is 2.21. The number of anilines is 1. The van der Waals surface area contributed by atoms with Crippen molar-refractivity contribution in [1.82, 2.24) is 4.90 Å². The summed E-state index contributed by atoms with van der Waals surface area (Å²) in [4.78, 5) is 2.56. The fourth-order valence-electron chi connectivity index (χ4n) is 2.74. The molecule has 0 aliphatic carbocycles. The molecule has 1 saturated heterocycles. The Kier molecular flexibility index (Phi) is 4.65. The first-order valence-corrected chi connectivity index (χ1v) is 7.29. The largest absolute Gasteiger partial charge is 0.381 e. The minimum atomic E-state index is 0.616. The zero-order chi connectivity index (χ0) is 13.0. The lowest BCUT2D eigenvalue weighted by molar-refractivity contribution is 0.274. The molecule has 1 aromatic carbocycles. The van der Waals surface area contributed by atoms with Gasteiger partial charge in [-0.25, -0.2) is 0 Å². The van der Waals surface area contributed by atoms with Crippen molar-refractivity contribution < 1.29 is 0 Å². The maximum atomic E-state index is 3.74. The average Bonchev–Trinajstić information content (AvgIpc) is 2.81. The molecule has 1 heterocycles. The minimum Gasteiger partial charge on any atom is -0.381 e. The first-order valence-electron chi connectivity index (χ1n) is 7.29. The van der Waals surface area contributed by atoms with Gasteiger partial charge >= 0.3 is 0 Å². The summed E-state index contributed by atoms with van der Waals surface area (Å²) in [6.45, 7) is 9.22. The summed E-state index contributed by atoms with van der Waals surface area (Å²) >= 11 is 0. The monoisotopic (exact) mass is 246 g/mol. The standard InChI is InChI=1S/C16H26N2/c1-4-7-14-8-5-6-9-16(14)17-15-10-11-18(12-15)13(2)3/h5-6,8-9,13,15,17H,4,7,10-12H2,1-3H3. The van der Waals surface area contributed by atoms with E-state index in [-0.39, 0.29) is 0 Å². The number of nitrogens with zero attached hydrogens (tertiary/aromatic N) is 1.